The number of benzene rings is 1. The molecule has 0 aromatic heterocycles. The van der Waals surface area contributed by atoms with Crippen LogP contribution >= 0.6 is 12.6 Å². The minimum atomic E-state index is -4.74. The lowest BCUT2D eigenvalue weighted by atomic mass is 10.0. The van der Waals surface area contributed by atoms with Gasteiger partial charge in [-0.2, -0.15) is 13.2 Å². The van der Waals surface area contributed by atoms with Crippen molar-refractivity contribution in [3.05, 3.63) is 54.6 Å². The molecule has 0 saturated carbocycles. The minimum Gasteiger partial charge on any atom is -0.458 e. The van der Waals surface area contributed by atoms with Crippen LogP contribution in [-0.4, -0.2) is 53.8 Å². The van der Waals surface area contributed by atoms with Gasteiger partial charge in [-0.05, 0) is 30.5 Å². The number of likely N-dealkylation sites (tertiary alicyclic amines) is 1. The molecule has 184 valence electrons. The van der Waals surface area contributed by atoms with Crippen LogP contribution in [0.15, 0.2) is 43.5 Å². The van der Waals surface area contributed by atoms with Crippen molar-refractivity contribution in [2.24, 2.45) is 5.92 Å². The van der Waals surface area contributed by atoms with E-state index in [1.165, 1.54) is 12.2 Å². The molecule has 1 saturated heterocycles. The largest absolute Gasteiger partial charge is 0.458 e. The number of halogens is 3. The van der Waals surface area contributed by atoms with E-state index in [0.717, 1.165) is 11.0 Å². The number of esters is 1. The Morgan fingerprint density at radius 3 is 2.38 bits per heavy atom. The Kier molecular flexibility index (Phi) is 9.30. The summed E-state index contributed by atoms with van der Waals surface area (Å²) in [5.74, 6) is -2.26. The molecule has 0 unspecified atom stereocenters. The number of ether oxygens (including phenoxy) is 2. The Labute approximate surface area is 199 Å². The van der Waals surface area contributed by atoms with Crippen LogP contribution < -0.4 is 5.32 Å². The van der Waals surface area contributed by atoms with Crippen molar-refractivity contribution < 1.29 is 41.8 Å². The van der Waals surface area contributed by atoms with Crippen LogP contribution in [-0.2, 0) is 25.2 Å². The summed E-state index contributed by atoms with van der Waals surface area (Å²) in [6.45, 7) is 6.48. The lowest BCUT2D eigenvalue weighted by Crippen LogP contribution is -2.43. The number of hydrogen-bond acceptors (Lipinski definition) is 6. The van der Waals surface area contributed by atoms with Crippen molar-refractivity contribution in [3.63, 3.8) is 0 Å². The first-order valence-electron chi connectivity index (χ1n) is 10.0. The van der Waals surface area contributed by atoms with Crippen molar-refractivity contribution in [1.29, 1.82) is 0 Å². The van der Waals surface area contributed by atoms with Crippen molar-refractivity contribution in [1.82, 2.24) is 4.90 Å². The molecule has 1 heterocycles. The number of anilines is 1. The van der Waals surface area contributed by atoms with E-state index in [1.54, 1.807) is 0 Å². The summed E-state index contributed by atoms with van der Waals surface area (Å²) in [5, 5.41) is 1.85. The second-order valence-corrected chi connectivity index (χ2v) is 7.87. The molecule has 1 aliphatic rings. The van der Waals surface area contributed by atoms with Gasteiger partial charge in [0.25, 0.3) is 0 Å². The van der Waals surface area contributed by atoms with Gasteiger partial charge in [0, 0.05) is 13.0 Å². The summed E-state index contributed by atoms with van der Waals surface area (Å²) in [4.78, 5) is 50.3. The number of carbonyl (C=O) groups is 4. The summed E-state index contributed by atoms with van der Waals surface area (Å²) in [7, 11) is 0. The van der Waals surface area contributed by atoms with Crippen molar-refractivity contribution in [2.45, 2.75) is 25.1 Å². The quantitative estimate of drug-likeness (QED) is 0.304. The molecule has 2 amide bonds. The summed E-state index contributed by atoms with van der Waals surface area (Å²) in [5.41, 5.74) is -1.86. The maximum Gasteiger partial charge on any atom is 0.416 e. The Morgan fingerprint density at radius 2 is 1.79 bits per heavy atom. The molecular formula is C22H23F3N2O6S. The maximum atomic E-state index is 13.2. The molecule has 1 aromatic carbocycles. The second-order valence-electron chi connectivity index (χ2n) is 7.37. The van der Waals surface area contributed by atoms with Gasteiger partial charge >= 0.3 is 18.2 Å². The SMILES string of the molecule is C=CCOC(=O)c1ccc(C(F)(F)F)cc1NC(=O)[C@@H]1C[C@@H](CC(=O)S)CN1C(=O)OCC=C. The average Bonchev–Trinajstić information content (AvgIpc) is 3.18. The Hall–Kier alpha value is -3.28. The van der Waals surface area contributed by atoms with Crippen LogP contribution in [0.1, 0.15) is 28.8 Å². The highest BCUT2D eigenvalue weighted by molar-refractivity contribution is 7.96. The molecule has 1 fully saturated rings. The number of alkyl halides is 3. The number of amides is 2. The fourth-order valence-corrected chi connectivity index (χ4v) is 3.67. The lowest BCUT2D eigenvalue weighted by Gasteiger charge is -2.23. The van der Waals surface area contributed by atoms with Crippen LogP contribution in [0.3, 0.4) is 0 Å². The molecule has 34 heavy (non-hydrogen) atoms. The first-order valence-corrected chi connectivity index (χ1v) is 10.5. The Bertz CT molecular complexity index is 982. The Balaban J connectivity index is 2.36. The standard InChI is InChI=1S/C22H23F3N2O6S/c1-3-7-32-20(30)15-6-5-14(22(23,24)25)11-16(15)26-19(29)17-9-13(10-18(28)34)12-27(17)21(31)33-8-4-2/h3-6,11,13,17H,1-2,7-10,12H2,(H,26,29)(H,28,34)/t13-,17-/m0/s1. The third-order valence-electron chi connectivity index (χ3n) is 4.87. The van der Waals surface area contributed by atoms with E-state index in [2.05, 4.69) is 31.1 Å². The zero-order valence-corrected chi connectivity index (χ0v) is 18.9. The van der Waals surface area contributed by atoms with E-state index in [0.29, 0.717) is 12.1 Å². The van der Waals surface area contributed by atoms with Gasteiger partial charge in [-0.25, -0.2) is 9.59 Å². The molecule has 0 radical (unpaired) electrons. The number of nitrogens with one attached hydrogen (secondary N) is 1. The second kappa shape index (κ2) is 11.7. The first kappa shape index (κ1) is 27.0. The third kappa shape index (κ3) is 7.11. The van der Waals surface area contributed by atoms with Crippen LogP contribution in [0.25, 0.3) is 0 Å². The van der Waals surface area contributed by atoms with E-state index in [-0.39, 0.29) is 38.2 Å². The molecule has 12 heteroatoms. The minimum absolute atomic E-state index is 0.00279. The molecule has 0 aliphatic carbocycles. The predicted molar refractivity (Wildman–Crippen MR) is 119 cm³/mol. The van der Waals surface area contributed by atoms with Gasteiger partial charge in [-0.1, -0.05) is 25.3 Å². The average molecular weight is 500 g/mol. The molecule has 0 bridgehead atoms. The topological polar surface area (TPSA) is 102 Å². The van der Waals surface area contributed by atoms with Crippen molar-refractivity contribution in [2.75, 3.05) is 25.1 Å². The zero-order valence-electron chi connectivity index (χ0n) is 18.0. The van der Waals surface area contributed by atoms with Crippen LogP contribution in [0.5, 0.6) is 0 Å². The van der Waals surface area contributed by atoms with Gasteiger partial charge in [0.2, 0.25) is 5.91 Å². The molecule has 1 aromatic rings. The van der Waals surface area contributed by atoms with Gasteiger partial charge < -0.3 is 14.8 Å². The van der Waals surface area contributed by atoms with Gasteiger partial charge in [-0.3, -0.25) is 14.5 Å². The van der Waals surface area contributed by atoms with E-state index in [1.807, 2.05) is 0 Å². The predicted octanol–water partition coefficient (Wildman–Crippen LogP) is 3.85. The number of carbonyl (C=O) groups excluding carboxylic acids is 4. The van der Waals surface area contributed by atoms with Crippen LogP contribution in [0, 0.1) is 5.92 Å². The summed E-state index contributed by atoms with van der Waals surface area (Å²) >= 11 is 3.72. The van der Waals surface area contributed by atoms with Gasteiger partial charge in [-0.15, -0.1) is 12.6 Å². The summed E-state index contributed by atoms with van der Waals surface area (Å²) < 4.78 is 49.6. The molecule has 1 N–H and O–H groups in total. The number of thiol groups is 1. The van der Waals surface area contributed by atoms with Gasteiger partial charge in [0.1, 0.15) is 19.3 Å². The number of nitrogens with zero attached hydrogens (tertiary/aromatic N) is 1. The maximum absolute atomic E-state index is 13.2. The lowest BCUT2D eigenvalue weighted by molar-refractivity contribution is -0.137. The smallest absolute Gasteiger partial charge is 0.416 e. The van der Waals surface area contributed by atoms with Crippen molar-refractivity contribution >= 4 is 41.4 Å². The number of rotatable bonds is 9. The van der Waals surface area contributed by atoms with E-state index < -0.39 is 52.5 Å². The van der Waals surface area contributed by atoms with E-state index in [9.17, 15) is 32.3 Å². The third-order valence-corrected chi connectivity index (χ3v) is 5.05. The highest BCUT2D eigenvalue weighted by Gasteiger charge is 2.41. The molecule has 2 rings (SSSR count). The van der Waals surface area contributed by atoms with Gasteiger partial charge in [0.15, 0.2) is 5.12 Å². The van der Waals surface area contributed by atoms with Crippen LogP contribution in [0.4, 0.5) is 23.7 Å². The highest BCUT2D eigenvalue weighted by Crippen LogP contribution is 2.33. The normalized spacial score (nSPS) is 17.6. The van der Waals surface area contributed by atoms with Crippen molar-refractivity contribution in [3.8, 4) is 0 Å². The molecular weight excluding hydrogens is 477 g/mol. The zero-order chi connectivity index (χ0) is 25.5. The molecule has 0 spiro atoms. The van der Waals surface area contributed by atoms with Crippen LogP contribution in [0.2, 0.25) is 0 Å². The Morgan fingerprint density at radius 1 is 1.15 bits per heavy atom. The fourth-order valence-electron chi connectivity index (χ4n) is 3.41. The first-order chi connectivity index (χ1) is 16.0. The highest BCUT2D eigenvalue weighted by atomic mass is 32.1. The number of hydrogen-bond donors (Lipinski definition) is 2. The van der Waals surface area contributed by atoms with E-state index >= 15 is 0 Å². The van der Waals surface area contributed by atoms with Gasteiger partial charge in [0.05, 0.1) is 16.8 Å². The monoisotopic (exact) mass is 500 g/mol. The van der Waals surface area contributed by atoms with E-state index in [4.69, 9.17) is 9.47 Å². The molecule has 2 atom stereocenters. The molecule has 8 nitrogen and oxygen atoms in total. The molecule has 1 aliphatic heterocycles. The fraction of sp³-hybridized carbons (Fsp3) is 0.364. The summed E-state index contributed by atoms with van der Waals surface area (Å²) in [6.07, 6.45) is -2.99. The summed E-state index contributed by atoms with van der Waals surface area (Å²) in [6, 6.07) is 1.01.